The Hall–Kier alpha value is -1.60. The van der Waals surface area contributed by atoms with E-state index >= 15 is 0 Å². The van der Waals surface area contributed by atoms with E-state index in [0.29, 0.717) is 11.7 Å². The molecule has 3 aromatic rings. The molecule has 1 aromatic heterocycles. The third-order valence-corrected chi connectivity index (χ3v) is 6.85. The van der Waals surface area contributed by atoms with Crippen molar-refractivity contribution in [2.24, 2.45) is 5.92 Å². The largest absolute Gasteiger partial charge is 0.485 e. The van der Waals surface area contributed by atoms with Crippen molar-refractivity contribution < 1.29 is 9.13 Å². The molecule has 1 saturated heterocycles. The fraction of sp³-hybridized carbons (Fsp3) is 0.409. The Morgan fingerprint density at radius 1 is 1.07 bits per heavy atom. The van der Waals surface area contributed by atoms with Crippen LogP contribution in [0.25, 0.3) is 10.2 Å². The standard InChI is InChI=1S/C22H24FN3OS.2ClH/c23-18-5-3-4-16-12-17(27-21(16)18)14-24-13-15-8-10-26(11-9-15)22-25-19-6-1-2-7-20(19)28-22;;/h1-7,15,17,24H,8-14H2;2*1H. The molecule has 1 fully saturated rings. The minimum absolute atomic E-state index is 0. The number of benzene rings is 2. The van der Waals surface area contributed by atoms with Gasteiger partial charge in [-0.2, -0.15) is 0 Å². The lowest BCUT2D eigenvalue weighted by Crippen LogP contribution is -2.39. The van der Waals surface area contributed by atoms with Crippen LogP contribution in [0.3, 0.4) is 0 Å². The summed E-state index contributed by atoms with van der Waals surface area (Å²) in [6.45, 7) is 3.88. The highest BCUT2D eigenvalue weighted by atomic mass is 35.5. The fourth-order valence-electron chi connectivity index (χ4n) is 4.19. The van der Waals surface area contributed by atoms with Gasteiger partial charge < -0.3 is 15.0 Å². The molecule has 0 radical (unpaired) electrons. The summed E-state index contributed by atoms with van der Waals surface area (Å²) in [6.07, 6.45) is 3.16. The maximum atomic E-state index is 13.8. The first kappa shape index (κ1) is 23.1. The predicted octanol–water partition coefficient (Wildman–Crippen LogP) is 5.09. The summed E-state index contributed by atoms with van der Waals surface area (Å²) >= 11 is 1.79. The first-order valence-corrected chi connectivity index (χ1v) is 10.8. The number of hydrogen-bond acceptors (Lipinski definition) is 5. The van der Waals surface area contributed by atoms with Gasteiger partial charge in [-0.3, -0.25) is 0 Å². The van der Waals surface area contributed by atoms with Gasteiger partial charge in [-0.1, -0.05) is 35.6 Å². The van der Waals surface area contributed by atoms with Crippen LogP contribution in [0, 0.1) is 11.7 Å². The predicted molar refractivity (Wildman–Crippen MR) is 126 cm³/mol. The zero-order valence-corrected chi connectivity index (χ0v) is 19.0. The molecular weight excluding hydrogens is 444 g/mol. The van der Waals surface area contributed by atoms with E-state index in [4.69, 9.17) is 9.72 Å². The van der Waals surface area contributed by atoms with Crippen molar-refractivity contribution in [2.45, 2.75) is 25.4 Å². The van der Waals surface area contributed by atoms with Crippen molar-refractivity contribution in [2.75, 3.05) is 31.1 Å². The zero-order valence-electron chi connectivity index (χ0n) is 16.6. The summed E-state index contributed by atoms with van der Waals surface area (Å²) in [4.78, 5) is 7.20. The molecule has 1 atom stereocenters. The van der Waals surface area contributed by atoms with Crippen LogP contribution in [0.2, 0.25) is 0 Å². The van der Waals surface area contributed by atoms with E-state index in [-0.39, 0.29) is 36.7 Å². The van der Waals surface area contributed by atoms with Crippen molar-refractivity contribution in [3.8, 4) is 5.75 Å². The van der Waals surface area contributed by atoms with E-state index in [1.165, 1.54) is 23.6 Å². The molecule has 5 rings (SSSR count). The lowest BCUT2D eigenvalue weighted by molar-refractivity contribution is 0.215. The topological polar surface area (TPSA) is 37.4 Å². The van der Waals surface area contributed by atoms with Gasteiger partial charge in [-0.15, -0.1) is 24.8 Å². The average molecular weight is 470 g/mol. The van der Waals surface area contributed by atoms with Gasteiger partial charge in [0.25, 0.3) is 0 Å². The summed E-state index contributed by atoms with van der Waals surface area (Å²) in [5.74, 6) is 0.867. The number of ether oxygens (including phenoxy) is 1. The number of thiazole rings is 1. The van der Waals surface area contributed by atoms with Crippen LogP contribution in [0.15, 0.2) is 42.5 Å². The van der Waals surface area contributed by atoms with Crippen LogP contribution in [0.5, 0.6) is 5.75 Å². The third-order valence-electron chi connectivity index (χ3n) is 5.75. The molecule has 4 nitrogen and oxygen atoms in total. The average Bonchev–Trinajstić information content (AvgIpc) is 3.33. The number of fused-ring (bicyclic) bond motifs is 2. The van der Waals surface area contributed by atoms with E-state index in [9.17, 15) is 4.39 Å². The molecule has 0 aliphatic carbocycles. The van der Waals surface area contributed by atoms with Gasteiger partial charge in [0.15, 0.2) is 16.7 Å². The Bertz CT molecular complexity index is 945. The quantitative estimate of drug-likeness (QED) is 0.564. The number of aromatic nitrogens is 1. The number of piperidine rings is 1. The van der Waals surface area contributed by atoms with E-state index in [0.717, 1.165) is 48.8 Å². The molecule has 8 heteroatoms. The molecule has 0 bridgehead atoms. The summed E-state index contributed by atoms with van der Waals surface area (Å²) < 4.78 is 20.8. The molecule has 2 aromatic carbocycles. The van der Waals surface area contributed by atoms with Crippen molar-refractivity contribution in [1.82, 2.24) is 10.3 Å². The summed E-state index contributed by atoms with van der Waals surface area (Å²) in [7, 11) is 0. The van der Waals surface area contributed by atoms with Gasteiger partial charge in [0, 0.05) is 31.6 Å². The van der Waals surface area contributed by atoms with E-state index < -0.39 is 0 Å². The molecule has 3 heterocycles. The molecule has 0 spiro atoms. The Morgan fingerprint density at radius 2 is 1.87 bits per heavy atom. The molecule has 162 valence electrons. The van der Waals surface area contributed by atoms with Crippen LogP contribution in [-0.4, -0.2) is 37.3 Å². The molecule has 30 heavy (non-hydrogen) atoms. The smallest absolute Gasteiger partial charge is 0.186 e. The van der Waals surface area contributed by atoms with Crippen LogP contribution in [-0.2, 0) is 6.42 Å². The second kappa shape index (κ2) is 10.1. The SMILES string of the molecule is Cl.Cl.Fc1cccc2c1OC(CNCC1CCN(c3nc4ccccc4s3)CC1)C2. The number of nitrogens with one attached hydrogen (secondary N) is 1. The Kier molecular flexibility index (Phi) is 7.80. The van der Waals surface area contributed by atoms with Crippen LogP contribution in [0.1, 0.15) is 18.4 Å². The molecule has 0 saturated carbocycles. The fourth-order valence-corrected chi connectivity index (χ4v) is 5.20. The number of rotatable bonds is 5. The molecule has 1 unspecified atom stereocenters. The molecule has 0 amide bonds. The second-order valence-corrected chi connectivity index (χ2v) is 8.73. The number of anilines is 1. The van der Waals surface area contributed by atoms with E-state index in [1.807, 2.05) is 12.1 Å². The maximum Gasteiger partial charge on any atom is 0.186 e. The highest BCUT2D eigenvalue weighted by molar-refractivity contribution is 7.22. The number of para-hydroxylation sites is 2. The van der Waals surface area contributed by atoms with Crippen molar-refractivity contribution in [3.05, 3.63) is 53.8 Å². The first-order valence-electron chi connectivity index (χ1n) is 10.0. The highest BCUT2D eigenvalue weighted by Gasteiger charge is 2.26. The Labute approximate surface area is 192 Å². The normalized spacial score (nSPS) is 18.4. The van der Waals surface area contributed by atoms with Crippen LogP contribution in [0.4, 0.5) is 9.52 Å². The third kappa shape index (κ3) is 4.83. The van der Waals surface area contributed by atoms with Gasteiger partial charge in [0.05, 0.1) is 10.2 Å². The van der Waals surface area contributed by atoms with Gasteiger partial charge >= 0.3 is 0 Å². The zero-order chi connectivity index (χ0) is 18.9. The summed E-state index contributed by atoms with van der Waals surface area (Å²) in [5, 5.41) is 4.69. The van der Waals surface area contributed by atoms with Crippen molar-refractivity contribution in [1.29, 1.82) is 0 Å². The molecule has 2 aliphatic rings. The number of hydrogen-bond donors (Lipinski definition) is 1. The van der Waals surface area contributed by atoms with Crippen LogP contribution < -0.4 is 15.0 Å². The Balaban J connectivity index is 0.00000128. The Morgan fingerprint density at radius 3 is 2.63 bits per heavy atom. The number of halogens is 3. The van der Waals surface area contributed by atoms with Crippen molar-refractivity contribution in [3.63, 3.8) is 0 Å². The molecular formula is C22H26Cl2FN3OS. The van der Waals surface area contributed by atoms with E-state index in [2.05, 4.69) is 28.4 Å². The minimum atomic E-state index is -0.248. The van der Waals surface area contributed by atoms with Gasteiger partial charge in [-0.25, -0.2) is 9.37 Å². The monoisotopic (exact) mass is 469 g/mol. The number of nitrogens with zero attached hydrogens (tertiary/aromatic N) is 2. The van der Waals surface area contributed by atoms with Gasteiger partial charge in [-0.05, 0) is 43.5 Å². The van der Waals surface area contributed by atoms with Crippen LogP contribution >= 0.6 is 36.2 Å². The second-order valence-electron chi connectivity index (χ2n) is 7.72. The highest BCUT2D eigenvalue weighted by Crippen LogP contribution is 2.32. The maximum absolute atomic E-state index is 13.8. The van der Waals surface area contributed by atoms with E-state index in [1.54, 1.807) is 17.4 Å². The molecule has 2 aliphatic heterocycles. The lowest BCUT2D eigenvalue weighted by atomic mass is 9.97. The van der Waals surface area contributed by atoms with Crippen molar-refractivity contribution >= 4 is 51.5 Å². The van der Waals surface area contributed by atoms with Gasteiger partial charge in [0.1, 0.15) is 6.10 Å². The minimum Gasteiger partial charge on any atom is -0.485 e. The summed E-state index contributed by atoms with van der Waals surface area (Å²) in [5.41, 5.74) is 2.08. The molecule has 1 N–H and O–H groups in total. The summed E-state index contributed by atoms with van der Waals surface area (Å²) in [6, 6.07) is 13.5. The lowest BCUT2D eigenvalue weighted by Gasteiger charge is -2.32. The van der Waals surface area contributed by atoms with Gasteiger partial charge in [0.2, 0.25) is 0 Å². The first-order chi connectivity index (χ1) is 13.8.